The van der Waals surface area contributed by atoms with Gasteiger partial charge in [-0.3, -0.25) is 9.59 Å². The van der Waals surface area contributed by atoms with Crippen LogP contribution in [0.1, 0.15) is 57.7 Å². The summed E-state index contributed by atoms with van der Waals surface area (Å²) in [5, 5.41) is 22.0. The van der Waals surface area contributed by atoms with Gasteiger partial charge in [0.05, 0.1) is 11.8 Å². The van der Waals surface area contributed by atoms with Crippen LogP contribution in [0.5, 0.6) is 0 Å². The number of allylic oxidation sites excluding steroid dienone is 1. The molecule has 4 N–H and O–H groups in total. The summed E-state index contributed by atoms with van der Waals surface area (Å²) in [6, 6.07) is 16.6. The van der Waals surface area contributed by atoms with Crippen molar-refractivity contribution in [1.29, 1.82) is 10.5 Å². The molecule has 39 heavy (non-hydrogen) atoms. The molecule has 1 atom stereocenters. The van der Waals surface area contributed by atoms with Crippen LogP contribution in [0, 0.1) is 22.7 Å². The number of Topliss-reactive ketones (excluding diaryl/α,β-unsaturated/α-hetero) is 2. The molecular formula is C29H24Cl2N6O2. The molecule has 0 saturated heterocycles. The highest BCUT2D eigenvalue weighted by Crippen LogP contribution is 2.52. The van der Waals surface area contributed by atoms with E-state index in [0.717, 1.165) is 0 Å². The fraction of sp³-hybridized carbons (Fsp3) is 0.207. The fourth-order valence-electron chi connectivity index (χ4n) is 5.00. The van der Waals surface area contributed by atoms with E-state index >= 15 is 0 Å². The molecular weight excluding hydrogens is 535 g/mol. The number of nitriles is 2. The summed E-state index contributed by atoms with van der Waals surface area (Å²) < 4.78 is 0. The molecule has 0 aliphatic heterocycles. The van der Waals surface area contributed by atoms with Crippen molar-refractivity contribution in [1.82, 2.24) is 4.98 Å². The highest BCUT2D eigenvalue weighted by atomic mass is 35.5. The van der Waals surface area contributed by atoms with Gasteiger partial charge in [0.25, 0.3) is 0 Å². The first-order chi connectivity index (χ1) is 18.6. The molecule has 1 heterocycles. The van der Waals surface area contributed by atoms with Crippen molar-refractivity contribution in [3.8, 4) is 12.1 Å². The highest BCUT2D eigenvalue weighted by Gasteiger charge is 2.53. The maximum absolute atomic E-state index is 14.0. The maximum Gasteiger partial charge on any atom is 0.193 e. The molecule has 0 bridgehead atoms. The van der Waals surface area contributed by atoms with Gasteiger partial charge in [-0.05, 0) is 62.4 Å². The number of nitrogens with zero attached hydrogens (tertiary/aromatic N) is 4. The van der Waals surface area contributed by atoms with Crippen molar-refractivity contribution in [3.05, 3.63) is 92.0 Å². The molecule has 0 fully saturated rings. The third-order valence-corrected chi connectivity index (χ3v) is 7.39. The van der Waals surface area contributed by atoms with E-state index in [1.807, 2.05) is 18.7 Å². The minimum absolute atomic E-state index is 0.0372. The van der Waals surface area contributed by atoms with Crippen LogP contribution in [-0.4, -0.2) is 29.6 Å². The number of aromatic nitrogens is 1. The van der Waals surface area contributed by atoms with Crippen molar-refractivity contribution in [3.63, 3.8) is 0 Å². The van der Waals surface area contributed by atoms with Gasteiger partial charge in [0, 0.05) is 57.4 Å². The number of carbonyl (C=O) groups is 2. The number of hydrogen-bond acceptors (Lipinski definition) is 8. The number of pyridine rings is 1. The first-order valence-corrected chi connectivity index (χ1v) is 12.9. The highest BCUT2D eigenvalue weighted by molar-refractivity contribution is 6.31. The van der Waals surface area contributed by atoms with Gasteiger partial charge in [0.1, 0.15) is 28.7 Å². The van der Waals surface area contributed by atoms with Crippen LogP contribution < -0.4 is 16.4 Å². The zero-order valence-corrected chi connectivity index (χ0v) is 22.8. The van der Waals surface area contributed by atoms with Gasteiger partial charge in [0.2, 0.25) is 0 Å². The van der Waals surface area contributed by atoms with E-state index in [9.17, 15) is 20.1 Å². The number of fused-ring (bicyclic) bond motifs is 1. The lowest BCUT2D eigenvalue weighted by Gasteiger charge is -2.29. The lowest BCUT2D eigenvalue weighted by atomic mass is 9.70. The van der Waals surface area contributed by atoms with E-state index < -0.39 is 23.4 Å². The van der Waals surface area contributed by atoms with Crippen molar-refractivity contribution >= 4 is 52.1 Å². The number of hydrogen-bond donors (Lipinski definition) is 2. The summed E-state index contributed by atoms with van der Waals surface area (Å²) in [5.74, 6) is -0.816. The molecule has 2 aromatic carbocycles. The Balaban J connectivity index is 2.04. The molecule has 1 aliphatic rings. The molecule has 0 spiro atoms. The van der Waals surface area contributed by atoms with Crippen LogP contribution >= 0.6 is 23.2 Å². The number of nitrogens with two attached hydrogens (primary N) is 2. The SMILES string of the molecule is CCN(CC)c1nc(N)c2c(c1C#N)[C@@](C#N)(CC(=O)c1ccc(Cl)cc1)C(C(=O)c1ccc(Cl)cc1)=C2N. The monoisotopic (exact) mass is 558 g/mol. The third-order valence-electron chi connectivity index (χ3n) is 6.89. The number of carbonyl (C=O) groups excluding carboxylic acids is 2. The van der Waals surface area contributed by atoms with E-state index in [1.165, 1.54) is 36.4 Å². The second-order valence-electron chi connectivity index (χ2n) is 8.98. The van der Waals surface area contributed by atoms with Gasteiger partial charge in [-0.1, -0.05) is 23.2 Å². The summed E-state index contributed by atoms with van der Waals surface area (Å²) in [6.45, 7) is 4.77. The molecule has 8 nitrogen and oxygen atoms in total. The molecule has 0 radical (unpaired) electrons. The average molecular weight is 559 g/mol. The molecule has 196 valence electrons. The zero-order chi connectivity index (χ0) is 28.5. The normalized spacial score (nSPS) is 15.8. The van der Waals surface area contributed by atoms with Crippen LogP contribution in [0.4, 0.5) is 11.6 Å². The van der Waals surface area contributed by atoms with Crippen LogP contribution in [0.3, 0.4) is 0 Å². The zero-order valence-electron chi connectivity index (χ0n) is 21.3. The van der Waals surface area contributed by atoms with E-state index in [-0.39, 0.29) is 50.7 Å². The Bertz CT molecular complexity index is 1600. The molecule has 0 amide bonds. The topological polar surface area (TPSA) is 150 Å². The number of rotatable bonds is 8. The first-order valence-electron chi connectivity index (χ1n) is 12.1. The molecule has 1 aromatic heterocycles. The van der Waals surface area contributed by atoms with Gasteiger partial charge >= 0.3 is 0 Å². The Morgan fingerprint density at radius 2 is 1.49 bits per heavy atom. The number of halogens is 2. The van der Waals surface area contributed by atoms with E-state index in [0.29, 0.717) is 23.1 Å². The van der Waals surface area contributed by atoms with Gasteiger partial charge < -0.3 is 16.4 Å². The second-order valence-corrected chi connectivity index (χ2v) is 9.85. The van der Waals surface area contributed by atoms with E-state index in [4.69, 9.17) is 34.7 Å². The second kappa shape index (κ2) is 10.8. The summed E-state index contributed by atoms with van der Waals surface area (Å²) in [4.78, 5) is 33.9. The van der Waals surface area contributed by atoms with E-state index in [2.05, 4.69) is 17.1 Å². The first kappa shape index (κ1) is 27.7. The number of benzene rings is 2. The Kier molecular flexibility index (Phi) is 7.65. The average Bonchev–Trinajstić information content (AvgIpc) is 3.18. The Morgan fingerprint density at radius 3 is 1.97 bits per heavy atom. The standard InChI is InChI=1S/C29H24Cl2N6O2/c1-3-37(4-2)28-20(14-32)23-22(27(35)36-28)25(34)24(26(39)17-7-11-19(31)12-8-17)29(23,15-33)13-21(38)16-5-9-18(30)10-6-16/h5-12H,3-4,13,34H2,1-2H3,(H2,35,36)/t29-/m0/s1. The van der Waals surface area contributed by atoms with E-state index in [1.54, 1.807) is 12.1 Å². The molecule has 10 heteroatoms. The largest absolute Gasteiger partial charge is 0.398 e. The lowest BCUT2D eigenvalue weighted by molar-refractivity contribution is 0.0961. The molecule has 0 unspecified atom stereocenters. The predicted octanol–water partition coefficient (Wildman–Crippen LogP) is 5.29. The smallest absolute Gasteiger partial charge is 0.193 e. The van der Waals surface area contributed by atoms with Crippen molar-refractivity contribution in [2.45, 2.75) is 25.7 Å². The number of ketones is 2. The van der Waals surface area contributed by atoms with Crippen LogP contribution in [0.2, 0.25) is 10.0 Å². The van der Waals surface area contributed by atoms with Crippen molar-refractivity contribution in [2.75, 3.05) is 23.7 Å². The number of anilines is 2. The van der Waals surface area contributed by atoms with Gasteiger partial charge in [0.15, 0.2) is 11.6 Å². The Labute approximate surface area is 236 Å². The Morgan fingerprint density at radius 1 is 0.949 bits per heavy atom. The van der Waals surface area contributed by atoms with Crippen molar-refractivity contribution < 1.29 is 9.59 Å². The summed E-state index contributed by atoms with van der Waals surface area (Å²) >= 11 is 12.0. The van der Waals surface area contributed by atoms with Gasteiger partial charge in [-0.2, -0.15) is 10.5 Å². The van der Waals surface area contributed by atoms with Crippen LogP contribution in [-0.2, 0) is 5.41 Å². The summed E-state index contributed by atoms with van der Waals surface area (Å²) in [5.41, 5.74) is 11.6. The molecule has 1 aliphatic carbocycles. The summed E-state index contributed by atoms with van der Waals surface area (Å²) in [7, 11) is 0. The quantitative estimate of drug-likeness (QED) is 0.354. The van der Waals surface area contributed by atoms with Gasteiger partial charge in [-0.15, -0.1) is 0 Å². The van der Waals surface area contributed by atoms with Crippen LogP contribution in [0.25, 0.3) is 5.70 Å². The van der Waals surface area contributed by atoms with Crippen molar-refractivity contribution in [2.24, 2.45) is 5.73 Å². The fourth-order valence-corrected chi connectivity index (χ4v) is 5.25. The minimum atomic E-state index is -1.92. The molecule has 3 aromatic rings. The molecule has 0 saturated carbocycles. The predicted molar refractivity (Wildman–Crippen MR) is 152 cm³/mol. The minimum Gasteiger partial charge on any atom is -0.398 e. The van der Waals surface area contributed by atoms with Crippen LogP contribution in [0.15, 0.2) is 54.1 Å². The summed E-state index contributed by atoms with van der Waals surface area (Å²) in [6.07, 6.45) is -0.469. The maximum atomic E-state index is 14.0. The Hall–Kier alpha value is -4.37. The third kappa shape index (κ3) is 4.59. The number of nitrogen functional groups attached to an aromatic ring is 1. The van der Waals surface area contributed by atoms with Gasteiger partial charge in [-0.25, -0.2) is 4.98 Å². The lowest BCUT2D eigenvalue weighted by Crippen LogP contribution is -2.34. The molecule has 4 rings (SSSR count).